The Morgan fingerprint density at radius 1 is 1.44 bits per heavy atom. The Balaban J connectivity index is 1.77. The highest BCUT2D eigenvalue weighted by atomic mass is 16.6. The normalized spacial score (nSPS) is 26.7. The lowest BCUT2D eigenvalue weighted by atomic mass is 10.2. The van der Waals surface area contributed by atoms with Crippen LogP contribution in [0.15, 0.2) is 0 Å². The van der Waals surface area contributed by atoms with Crippen molar-refractivity contribution < 1.29 is 19.1 Å². The molecule has 0 spiro atoms. The van der Waals surface area contributed by atoms with Crippen molar-refractivity contribution in [2.45, 2.75) is 31.9 Å². The first-order valence-corrected chi connectivity index (χ1v) is 6.10. The lowest BCUT2D eigenvalue weighted by molar-refractivity contribution is -0.132. The fourth-order valence-electron chi connectivity index (χ4n) is 2.14. The van der Waals surface area contributed by atoms with Gasteiger partial charge in [0.15, 0.2) is 0 Å². The number of carbonyl (C=O) groups is 3. The Kier molecular flexibility index (Phi) is 3.69. The highest BCUT2D eigenvalue weighted by Gasteiger charge is 2.36. The van der Waals surface area contributed by atoms with Crippen LogP contribution in [-0.2, 0) is 14.3 Å². The van der Waals surface area contributed by atoms with Gasteiger partial charge in [-0.3, -0.25) is 9.59 Å². The molecule has 7 nitrogen and oxygen atoms in total. The quantitative estimate of drug-likeness (QED) is 0.692. The lowest BCUT2D eigenvalue weighted by Gasteiger charge is -2.17. The number of amides is 3. The van der Waals surface area contributed by atoms with E-state index in [1.165, 1.54) is 0 Å². The zero-order valence-electron chi connectivity index (χ0n) is 10.3. The number of alkyl carbamates (subject to hydrolysis) is 1. The maximum absolute atomic E-state index is 11.7. The average Bonchev–Trinajstić information content (AvgIpc) is 2.95. The second-order valence-corrected chi connectivity index (χ2v) is 4.54. The van der Waals surface area contributed by atoms with E-state index in [0.717, 1.165) is 25.9 Å². The van der Waals surface area contributed by atoms with Gasteiger partial charge in [0.25, 0.3) is 0 Å². The molecule has 0 aromatic rings. The summed E-state index contributed by atoms with van der Waals surface area (Å²) in [5.41, 5.74) is 0. The van der Waals surface area contributed by atoms with E-state index in [1.807, 2.05) is 0 Å². The Morgan fingerprint density at radius 2 is 2.11 bits per heavy atom. The average molecular weight is 255 g/mol. The zero-order valence-corrected chi connectivity index (χ0v) is 10.3. The van der Waals surface area contributed by atoms with Crippen molar-refractivity contribution in [3.63, 3.8) is 0 Å². The summed E-state index contributed by atoms with van der Waals surface area (Å²) in [4.78, 5) is 36.1. The van der Waals surface area contributed by atoms with Gasteiger partial charge in [-0.2, -0.15) is 0 Å². The highest BCUT2D eigenvalue weighted by molar-refractivity contribution is 5.91. The predicted molar refractivity (Wildman–Crippen MR) is 61.7 cm³/mol. The van der Waals surface area contributed by atoms with Crippen molar-refractivity contribution in [1.29, 1.82) is 0 Å². The van der Waals surface area contributed by atoms with Crippen molar-refractivity contribution in [3.05, 3.63) is 0 Å². The van der Waals surface area contributed by atoms with E-state index in [4.69, 9.17) is 4.74 Å². The number of ether oxygens (including phenoxy) is 1. The van der Waals surface area contributed by atoms with E-state index in [2.05, 4.69) is 10.6 Å². The summed E-state index contributed by atoms with van der Waals surface area (Å²) >= 11 is 0. The molecule has 2 N–H and O–H groups in total. The van der Waals surface area contributed by atoms with Crippen LogP contribution in [-0.4, -0.2) is 54.6 Å². The van der Waals surface area contributed by atoms with Crippen molar-refractivity contribution >= 4 is 17.9 Å². The number of nitrogens with zero attached hydrogens (tertiary/aromatic N) is 1. The Labute approximate surface area is 105 Å². The Morgan fingerprint density at radius 3 is 2.67 bits per heavy atom. The molecule has 0 aromatic heterocycles. The third kappa shape index (κ3) is 2.72. The van der Waals surface area contributed by atoms with Gasteiger partial charge in [0.2, 0.25) is 11.8 Å². The molecule has 2 aliphatic heterocycles. The molecule has 2 rings (SSSR count). The summed E-state index contributed by atoms with van der Waals surface area (Å²) in [7, 11) is 0. The van der Waals surface area contributed by atoms with Gasteiger partial charge in [-0.1, -0.05) is 0 Å². The summed E-state index contributed by atoms with van der Waals surface area (Å²) < 4.78 is 4.80. The first-order valence-electron chi connectivity index (χ1n) is 6.10. The van der Waals surface area contributed by atoms with Gasteiger partial charge >= 0.3 is 6.09 Å². The summed E-state index contributed by atoms with van der Waals surface area (Å²) in [5.74, 6) is -0.473. The predicted octanol–water partition coefficient (Wildman–Crippen LogP) is -0.778. The van der Waals surface area contributed by atoms with Gasteiger partial charge in [-0.05, 0) is 19.8 Å². The minimum absolute atomic E-state index is 0.0298. The number of hydrogen-bond acceptors (Lipinski definition) is 4. The molecule has 2 aliphatic rings. The van der Waals surface area contributed by atoms with Crippen LogP contribution in [0.3, 0.4) is 0 Å². The minimum atomic E-state index is -0.719. The first kappa shape index (κ1) is 12.7. The number of cyclic esters (lactones) is 1. The number of likely N-dealkylation sites (tertiary alicyclic amines) is 1. The standard InChI is InChI=1S/C11H17N3O4/c1-7-9(13-11(17)18-7)10(16)12-6-8(15)14-4-2-3-5-14/h7,9H,2-6H2,1H3,(H,12,16)(H,13,17)/t7-,9?/m0/s1. The molecule has 3 amide bonds. The summed E-state index contributed by atoms with van der Waals surface area (Å²) in [6.07, 6.45) is 0.917. The maximum atomic E-state index is 11.7. The highest BCUT2D eigenvalue weighted by Crippen LogP contribution is 2.09. The zero-order chi connectivity index (χ0) is 13.1. The van der Waals surface area contributed by atoms with Gasteiger partial charge in [0.1, 0.15) is 12.1 Å². The van der Waals surface area contributed by atoms with Crippen LogP contribution in [0, 0.1) is 0 Å². The molecule has 2 heterocycles. The number of rotatable bonds is 3. The third-order valence-electron chi connectivity index (χ3n) is 3.19. The summed E-state index contributed by atoms with van der Waals surface area (Å²) in [5, 5.41) is 4.93. The van der Waals surface area contributed by atoms with Gasteiger partial charge < -0.3 is 20.3 Å². The summed E-state index contributed by atoms with van der Waals surface area (Å²) in [6, 6.07) is -0.719. The molecular formula is C11H17N3O4. The fraction of sp³-hybridized carbons (Fsp3) is 0.727. The van der Waals surface area contributed by atoms with Crippen molar-refractivity contribution in [1.82, 2.24) is 15.5 Å². The molecule has 0 aromatic carbocycles. The topological polar surface area (TPSA) is 87.7 Å². The van der Waals surface area contributed by atoms with Crippen LogP contribution >= 0.6 is 0 Å². The fourth-order valence-corrected chi connectivity index (χ4v) is 2.14. The molecule has 0 aliphatic carbocycles. The van der Waals surface area contributed by atoms with Gasteiger partial charge in [0, 0.05) is 13.1 Å². The molecule has 18 heavy (non-hydrogen) atoms. The monoisotopic (exact) mass is 255 g/mol. The van der Waals surface area contributed by atoms with E-state index < -0.39 is 18.2 Å². The number of hydrogen-bond donors (Lipinski definition) is 2. The van der Waals surface area contributed by atoms with Crippen molar-refractivity contribution in [2.75, 3.05) is 19.6 Å². The van der Waals surface area contributed by atoms with E-state index in [-0.39, 0.29) is 18.4 Å². The van der Waals surface area contributed by atoms with Crippen LogP contribution < -0.4 is 10.6 Å². The van der Waals surface area contributed by atoms with Crippen LogP contribution in [0.2, 0.25) is 0 Å². The van der Waals surface area contributed by atoms with Crippen LogP contribution in [0.5, 0.6) is 0 Å². The number of carbonyl (C=O) groups excluding carboxylic acids is 3. The second-order valence-electron chi connectivity index (χ2n) is 4.54. The smallest absolute Gasteiger partial charge is 0.408 e. The second kappa shape index (κ2) is 5.24. The molecule has 0 radical (unpaired) electrons. The third-order valence-corrected chi connectivity index (χ3v) is 3.19. The molecule has 0 bridgehead atoms. The molecule has 1 unspecified atom stereocenters. The molecule has 0 saturated carbocycles. The van der Waals surface area contributed by atoms with Crippen molar-refractivity contribution in [2.24, 2.45) is 0 Å². The van der Waals surface area contributed by atoms with E-state index in [9.17, 15) is 14.4 Å². The van der Waals surface area contributed by atoms with Crippen molar-refractivity contribution in [3.8, 4) is 0 Å². The van der Waals surface area contributed by atoms with E-state index in [1.54, 1.807) is 11.8 Å². The molecule has 2 fully saturated rings. The molecule has 2 saturated heterocycles. The van der Waals surface area contributed by atoms with Crippen LogP contribution in [0.1, 0.15) is 19.8 Å². The first-order chi connectivity index (χ1) is 8.58. The van der Waals surface area contributed by atoms with Crippen LogP contribution in [0.4, 0.5) is 4.79 Å². The Hall–Kier alpha value is -1.79. The van der Waals surface area contributed by atoms with Gasteiger partial charge in [-0.15, -0.1) is 0 Å². The summed E-state index contributed by atoms with van der Waals surface area (Å²) in [6.45, 7) is 3.12. The molecule has 2 atom stereocenters. The Bertz CT molecular complexity index is 365. The molecular weight excluding hydrogens is 238 g/mol. The molecule has 100 valence electrons. The molecule has 7 heteroatoms. The van der Waals surface area contributed by atoms with Gasteiger partial charge in [-0.25, -0.2) is 4.79 Å². The SMILES string of the molecule is C[C@@H]1OC(=O)NC1C(=O)NCC(=O)N1CCCC1. The number of nitrogens with one attached hydrogen (secondary N) is 2. The lowest BCUT2D eigenvalue weighted by Crippen LogP contribution is -2.48. The van der Waals surface area contributed by atoms with E-state index in [0.29, 0.717) is 0 Å². The van der Waals surface area contributed by atoms with E-state index >= 15 is 0 Å². The van der Waals surface area contributed by atoms with Gasteiger partial charge in [0.05, 0.1) is 6.54 Å². The largest absolute Gasteiger partial charge is 0.444 e. The van der Waals surface area contributed by atoms with Crippen LogP contribution in [0.25, 0.3) is 0 Å². The maximum Gasteiger partial charge on any atom is 0.408 e. The minimum Gasteiger partial charge on any atom is -0.444 e.